The zero-order valence-electron chi connectivity index (χ0n) is 7.04. The molecule has 5 heteroatoms. The van der Waals surface area contributed by atoms with Gasteiger partial charge in [-0.05, 0) is 6.92 Å². The maximum Gasteiger partial charge on any atom is 0.320 e. The number of thioether (sulfide) groups is 1. The molecular weight excluding hydrogens is 198 g/mol. The van der Waals surface area contributed by atoms with Gasteiger partial charge in [0.2, 0.25) is 0 Å². The van der Waals surface area contributed by atoms with Gasteiger partial charge in [0.15, 0.2) is 0 Å². The Morgan fingerprint density at radius 1 is 1.75 bits per heavy atom. The molecule has 0 bridgehead atoms. The predicted octanol–water partition coefficient (Wildman–Crippen LogP) is 0.676. The van der Waals surface area contributed by atoms with E-state index in [2.05, 4.69) is 5.32 Å². The van der Waals surface area contributed by atoms with Crippen LogP contribution in [0, 0.1) is 0 Å². The van der Waals surface area contributed by atoms with Crippen LogP contribution in [-0.2, 0) is 9.53 Å². The molecule has 0 aromatic rings. The van der Waals surface area contributed by atoms with Crippen LogP contribution in [0.3, 0.4) is 0 Å². The molecule has 1 fully saturated rings. The minimum Gasteiger partial charge on any atom is -0.465 e. The maximum atomic E-state index is 11.1. The summed E-state index contributed by atoms with van der Waals surface area (Å²) >= 11 is 1.67. The predicted molar refractivity (Wildman–Crippen MR) is 53.0 cm³/mol. The number of halogens is 1. The third-order valence-corrected chi connectivity index (χ3v) is 2.68. The van der Waals surface area contributed by atoms with Gasteiger partial charge < -0.3 is 10.1 Å². The number of hydrogen-bond acceptors (Lipinski definition) is 4. The zero-order valence-corrected chi connectivity index (χ0v) is 8.67. The summed E-state index contributed by atoms with van der Waals surface area (Å²) in [5.41, 5.74) is 0. The van der Waals surface area contributed by atoms with E-state index < -0.39 is 0 Å². The molecule has 1 N–H and O–H groups in total. The number of rotatable bonds is 2. The third kappa shape index (κ3) is 3.65. The van der Waals surface area contributed by atoms with E-state index in [1.807, 2.05) is 6.92 Å². The second-order valence-corrected chi connectivity index (χ2v) is 3.63. The van der Waals surface area contributed by atoms with Gasteiger partial charge in [0.1, 0.15) is 5.25 Å². The summed E-state index contributed by atoms with van der Waals surface area (Å²) in [4.78, 5) is 11.1. The van der Waals surface area contributed by atoms with E-state index in [1.165, 1.54) is 0 Å². The zero-order chi connectivity index (χ0) is 8.10. The average molecular weight is 212 g/mol. The molecule has 72 valence electrons. The topological polar surface area (TPSA) is 38.3 Å². The van der Waals surface area contributed by atoms with Crippen LogP contribution < -0.4 is 5.32 Å². The van der Waals surface area contributed by atoms with E-state index in [-0.39, 0.29) is 23.6 Å². The molecular formula is C7H14ClNO2S. The Bertz CT molecular complexity index is 139. The van der Waals surface area contributed by atoms with E-state index in [9.17, 15) is 4.79 Å². The molecule has 1 saturated heterocycles. The van der Waals surface area contributed by atoms with Crippen molar-refractivity contribution in [2.75, 3.05) is 25.4 Å². The first-order valence-corrected chi connectivity index (χ1v) is 4.88. The monoisotopic (exact) mass is 211 g/mol. The summed E-state index contributed by atoms with van der Waals surface area (Å²) in [5.74, 6) is 0.924. The number of esters is 1. The lowest BCUT2D eigenvalue weighted by Crippen LogP contribution is -2.38. The molecule has 1 aliphatic heterocycles. The fraction of sp³-hybridized carbons (Fsp3) is 0.857. The van der Waals surface area contributed by atoms with Crippen LogP contribution in [0.15, 0.2) is 0 Å². The molecule has 0 radical (unpaired) electrons. The smallest absolute Gasteiger partial charge is 0.320 e. The SMILES string of the molecule is CCOC(=O)C1CNCCS1.Cl. The highest BCUT2D eigenvalue weighted by Gasteiger charge is 2.22. The quantitative estimate of drug-likeness (QED) is 0.682. The summed E-state index contributed by atoms with van der Waals surface area (Å²) < 4.78 is 4.88. The minimum absolute atomic E-state index is 0. The van der Waals surface area contributed by atoms with Crippen molar-refractivity contribution in [1.29, 1.82) is 0 Å². The van der Waals surface area contributed by atoms with Crippen molar-refractivity contribution in [3.63, 3.8) is 0 Å². The Balaban J connectivity index is 0.00000121. The lowest BCUT2D eigenvalue weighted by Gasteiger charge is -2.20. The van der Waals surface area contributed by atoms with Crippen molar-refractivity contribution >= 4 is 30.1 Å². The number of carbonyl (C=O) groups is 1. The first kappa shape index (κ1) is 12.1. The van der Waals surface area contributed by atoms with E-state index >= 15 is 0 Å². The van der Waals surface area contributed by atoms with Gasteiger partial charge in [0.25, 0.3) is 0 Å². The summed E-state index contributed by atoms with van der Waals surface area (Å²) in [6.45, 7) is 4.07. The van der Waals surface area contributed by atoms with Gasteiger partial charge in [-0.2, -0.15) is 0 Å². The molecule has 0 aromatic heterocycles. The van der Waals surface area contributed by atoms with E-state index in [4.69, 9.17) is 4.74 Å². The van der Waals surface area contributed by atoms with Crippen molar-refractivity contribution < 1.29 is 9.53 Å². The minimum atomic E-state index is -0.0790. The van der Waals surface area contributed by atoms with Crippen LogP contribution >= 0.6 is 24.2 Å². The summed E-state index contributed by atoms with van der Waals surface area (Å²) in [6, 6.07) is 0. The number of nitrogens with one attached hydrogen (secondary N) is 1. The Morgan fingerprint density at radius 2 is 2.50 bits per heavy atom. The third-order valence-electron chi connectivity index (χ3n) is 1.48. The largest absolute Gasteiger partial charge is 0.465 e. The van der Waals surface area contributed by atoms with Gasteiger partial charge in [-0.3, -0.25) is 4.79 Å². The molecule has 1 unspecified atom stereocenters. The molecule has 0 amide bonds. The molecule has 12 heavy (non-hydrogen) atoms. The van der Waals surface area contributed by atoms with Crippen LogP contribution in [0.5, 0.6) is 0 Å². The van der Waals surface area contributed by atoms with Gasteiger partial charge in [-0.1, -0.05) is 0 Å². The van der Waals surface area contributed by atoms with Crippen LogP contribution in [0.2, 0.25) is 0 Å². The van der Waals surface area contributed by atoms with E-state index in [1.54, 1.807) is 11.8 Å². The van der Waals surface area contributed by atoms with Crippen molar-refractivity contribution in [2.24, 2.45) is 0 Å². The van der Waals surface area contributed by atoms with Crippen molar-refractivity contribution in [2.45, 2.75) is 12.2 Å². The Morgan fingerprint density at radius 3 is 3.00 bits per heavy atom. The van der Waals surface area contributed by atoms with Crippen LogP contribution in [0.25, 0.3) is 0 Å². The molecule has 1 heterocycles. The van der Waals surface area contributed by atoms with E-state index in [0.29, 0.717) is 6.61 Å². The van der Waals surface area contributed by atoms with Crippen molar-refractivity contribution in [3.05, 3.63) is 0 Å². The first-order valence-electron chi connectivity index (χ1n) is 3.83. The highest BCUT2D eigenvalue weighted by molar-refractivity contribution is 8.00. The Labute approximate surface area is 83.0 Å². The van der Waals surface area contributed by atoms with Crippen LogP contribution in [-0.4, -0.2) is 36.7 Å². The molecule has 3 nitrogen and oxygen atoms in total. The fourth-order valence-corrected chi connectivity index (χ4v) is 1.94. The summed E-state index contributed by atoms with van der Waals surface area (Å²) in [7, 11) is 0. The average Bonchev–Trinajstić information content (AvgIpc) is 2.07. The van der Waals surface area contributed by atoms with Crippen molar-refractivity contribution in [1.82, 2.24) is 5.32 Å². The highest BCUT2D eigenvalue weighted by atomic mass is 35.5. The molecule has 1 rings (SSSR count). The molecule has 1 atom stereocenters. The van der Waals surface area contributed by atoms with Crippen molar-refractivity contribution in [3.8, 4) is 0 Å². The number of hydrogen-bond donors (Lipinski definition) is 1. The lowest BCUT2D eigenvalue weighted by atomic mass is 10.4. The Kier molecular flexibility index (Phi) is 6.61. The fourth-order valence-electron chi connectivity index (χ4n) is 0.952. The summed E-state index contributed by atoms with van der Waals surface area (Å²) in [6.07, 6.45) is 0. The van der Waals surface area contributed by atoms with Crippen LogP contribution in [0.1, 0.15) is 6.92 Å². The molecule has 0 saturated carbocycles. The molecule has 0 spiro atoms. The van der Waals surface area contributed by atoms with Gasteiger partial charge in [0, 0.05) is 18.8 Å². The number of carbonyl (C=O) groups excluding carboxylic acids is 1. The Hall–Kier alpha value is 0.0700. The highest BCUT2D eigenvalue weighted by Crippen LogP contribution is 2.14. The van der Waals surface area contributed by atoms with Gasteiger partial charge in [-0.15, -0.1) is 24.2 Å². The normalized spacial score (nSPS) is 22.6. The maximum absolute atomic E-state index is 11.1. The standard InChI is InChI=1S/C7H13NO2S.ClH/c1-2-10-7(9)6-5-8-3-4-11-6;/h6,8H,2-5H2,1H3;1H. The van der Waals surface area contributed by atoms with Gasteiger partial charge in [-0.25, -0.2) is 0 Å². The second-order valence-electron chi connectivity index (χ2n) is 2.32. The van der Waals surface area contributed by atoms with Gasteiger partial charge in [0.05, 0.1) is 6.61 Å². The summed E-state index contributed by atoms with van der Waals surface area (Å²) in [5, 5.41) is 3.17. The van der Waals surface area contributed by atoms with Gasteiger partial charge >= 0.3 is 5.97 Å². The second kappa shape index (κ2) is 6.57. The molecule has 0 aliphatic carbocycles. The van der Waals surface area contributed by atoms with E-state index in [0.717, 1.165) is 18.8 Å². The lowest BCUT2D eigenvalue weighted by molar-refractivity contribution is -0.142. The molecule has 1 aliphatic rings. The first-order chi connectivity index (χ1) is 5.34. The van der Waals surface area contributed by atoms with Crippen LogP contribution in [0.4, 0.5) is 0 Å². The molecule has 0 aromatic carbocycles. The number of ether oxygens (including phenoxy) is 1.